The lowest BCUT2D eigenvalue weighted by Gasteiger charge is -2.37. The molecular formula is C20H19BrN2O3. The van der Waals surface area contributed by atoms with Crippen molar-refractivity contribution >= 4 is 27.3 Å². The lowest BCUT2D eigenvalue weighted by Crippen LogP contribution is -2.29. The number of hydrogen-bond acceptors (Lipinski definition) is 4. The second-order valence-electron chi connectivity index (χ2n) is 6.62. The minimum atomic E-state index is -0.327. The van der Waals surface area contributed by atoms with Gasteiger partial charge in [0.15, 0.2) is 0 Å². The van der Waals surface area contributed by atoms with Crippen LogP contribution in [0.2, 0.25) is 0 Å². The van der Waals surface area contributed by atoms with Gasteiger partial charge >= 0.3 is 0 Å². The van der Waals surface area contributed by atoms with Crippen LogP contribution in [0.3, 0.4) is 0 Å². The van der Waals surface area contributed by atoms with Gasteiger partial charge in [-0.15, -0.1) is 0 Å². The molecule has 1 N–H and O–H groups in total. The van der Waals surface area contributed by atoms with Crippen LogP contribution in [0.4, 0.5) is 11.4 Å². The molecule has 3 atom stereocenters. The number of nitro groups is 1. The van der Waals surface area contributed by atoms with Crippen LogP contribution in [0.25, 0.3) is 0 Å². The Labute approximate surface area is 160 Å². The van der Waals surface area contributed by atoms with Crippen molar-refractivity contribution in [3.8, 4) is 5.75 Å². The number of hydrogen-bond donors (Lipinski definition) is 1. The van der Waals surface area contributed by atoms with Crippen LogP contribution >= 0.6 is 15.9 Å². The fourth-order valence-electron chi connectivity index (χ4n) is 4.05. The molecule has 6 heteroatoms. The Balaban J connectivity index is 1.83. The van der Waals surface area contributed by atoms with E-state index in [-0.39, 0.29) is 22.6 Å². The summed E-state index contributed by atoms with van der Waals surface area (Å²) in [5, 5.41) is 15.2. The molecule has 1 aliphatic carbocycles. The Bertz CT molecular complexity index is 879. The van der Waals surface area contributed by atoms with Gasteiger partial charge in [0.05, 0.1) is 23.6 Å². The third-order valence-electron chi connectivity index (χ3n) is 5.16. The molecule has 0 spiro atoms. The highest BCUT2D eigenvalue weighted by atomic mass is 79.9. The van der Waals surface area contributed by atoms with Crippen LogP contribution in [0, 0.1) is 16.0 Å². The van der Waals surface area contributed by atoms with Crippen molar-refractivity contribution in [3.63, 3.8) is 0 Å². The summed E-state index contributed by atoms with van der Waals surface area (Å²) in [5.41, 5.74) is 2.78. The van der Waals surface area contributed by atoms with E-state index < -0.39 is 0 Å². The summed E-state index contributed by atoms with van der Waals surface area (Å²) in [6.07, 6.45) is 5.30. The maximum Gasteiger partial charge on any atom is 0.296 e. The molecule has 0 bridgehead atoms. The number of nitrogens with zero attached hydrogens (tertiary/aromatic N) is 1. The van der Waals surface area contributed by atoms with Crippen molar-refractivity contribution in [3.05, 3.63) is 74.3 Å². The summed E-state index contributed by atoms with van der Waals surface area (Å²) >= 11 is 3.47. The molecule has 0 amide bonds. The van der Waals surface area contributed by atoms with E-state index in [4.69, 9.17) is 4.74 Å². The number of nitrogens with one attached hydrogen (secondary N) is 1. The quantitative estimate of drug-likeness (QED) is 0.402. The van der Waals surface area contributed by atoms with Crippen LogP contribution in [0.1, 0.15) is 36.4 Å². The molecule has 0 saturated heterocycles. The van der Waals surface area contributed by atoms with E-state index in [9.17, 15) is 10.1 Å². The first-order chi connectivity index (χ1) is 12.6. The van der Waals surface area contributed by atoms with Gasteiger partial charge in [0.2, 0.25) is 0 Å². The SMILES string of the molecule is CCOc1cc2c(c([N+](=O)[O-])c1)NC(c1ccc(Br)cc1)C1CC=CC21. The van der Waals surface area contributed by atoms with E-state index in [0.717, 1.165) is 22.0 Å². The predicted molar refractivity (Wildman–Crippen MR) is 105 cm³/mol. The molecule has 3 unspecified atom stereocenters. The summed E-state index contributed by atoms with van der Waals surface area (Å²) in [5.74, 6) is 1.04. The highest BCUT2D eigenvalue weighted by Gasteiger charge is 2.41. The van der Waals surface area contributed by atoms with Gasteiger partial charge in [-0.05, 0) is 48.6 Å². The zero-order valence-corrected chi connectivity index (χ0v) is 15.9. The number of halogens is 1. The van der Waals surface area contributed by atoms with Crippen LogP contribution in [-0.4, -0.2) is 11.5 Å². The zero-order valence-electron chi connectivity index (χ0n) is 14.3. The van der Waals surface area contributed by atoms with E-state index in [1.165, 1.54) is 6.07 Å². The first-order valence-corrected chi connectivity index (χ1v) is 9.51. The first-order valence-electron chi connectivity index (χ1n) is 8.72. The minimum absolute atomic E-state index is 0.0345. The number of benzene rings is 2. The van der Waals surface area contributed by atoms with Crippen molar-refractivity contribution in [1.29, 1.82) is 0 Å². The fraction of sp³-hybridized carbons (Fsp3) is 0.300. The average Bonchev–Trinajstić information content (AvgIpc) is 3.11. The maximum absolute atomic E-state index is 11.7. The molecule has 1 aliphatic heterocycles. The molecule has 0 fully saturated rings. The molecule has 134 valence electrons. The summed E-state index contributed by atoms with van der Waals surface area (Å²) in [6.45, 7) is 2.36. The minimum Gasteiger partial charge on any atom is -0.494 e. The van der Waals surface area contributed by atoms with Crippen molar-refractivity contribution in [2.75, 3.05) is 11.9 Å². The summed E-state index contributed by atoms with van der Waals surface area (Å²) in [4.78, 5) is 11.4. The molecule has 0 saturated carbocycles. The molecule has 26 heavy (non-hydrogen) atoms. The van der Waals surface area contributed by atoms with Gasteiger partial charge in [0.25, 0.3) is 5.69 Å². The standard InChI is InChI=1S/C20H19BrN2O3/c1-2-26-14-10-17-15-4-3-5-16(15)19(12-6-8-13(21)9-7-12)22-20(17)18(11-14)23(24)25/h3-4,6-11,15-16,19,22H,2,5H2,1H3. The third kappa shape index (κ3) is 2.88. The van der Waals surface area contributed by atoms with Gasteiger partial charge in [0, 0.05) is 10.4 Å². The molecule has 4 rings (SSSR count). The molecule has 2 aromatic rings. The second kappa shape index (κ2) is 6.76. The molecule has 1 heterocycles. The Kier molecular flexibility index (Phi) is 4.44. The molecule has 5 nitrogen and oxygen atoms in total. The summed E-state index contributed by atoms with van der Waals surface area (Å²) < 4.78 is 6.59. The van der Waals surface area contributed by atoms with E-state index in [2.05, 4.69) is 45.5 Å². The lowest BCUT2D eigenvalue weighted by atomic mass is 9.76. The van der Waals surface area contributed by atoms with Crippen molar-refractivity contribution < 1.29 is 9.66 Å². The monoisotopic (exact) mass is 414 g/mol. The molecule has 2 aromatic carbocycles. The van der Waals surface area contributed by atoms with Gasteiger partial charge in [-0.1, -0.05) is 40.2 Å². The van der Waals surface area contributed by atoms with Crippen molar-refractivity contribution in [2.45, 2.75) is 25.3 Å². The second-order valence-corrected chi connectivity index (χ2v) is 7.54. The summed E-state index contributed by atoms with van der Waals surface area (Å²) in [6, 6.07) is 11.7. The third-order valence-corrected chi connectivity index (χ3v) is 5.69. The zero-order chi connectivity index (χ0) is 18.3. The Morgan fingerprint density at radius 1 is 1.31 bits per heavy atom. The number of rotatable bonds is 4. The lowest BCUT2D eigenvalue weighted by molar-refractivity contribution is -0.384. The largest absolute Gasteiger partial charge is 0.494 e. The molecule has 2 aliphatic rings. The van der Waals surface area contributed by atoms with Crippen LogP contribution in [-0.2, 0) is 0 Å². The highest BCUT2D eigenvalue weighted by Crippen LogP contribution is 2.53. The van der Waals surface area contributed by atoms with Crippen LogP contribution in [0.15, 0.2) is 53.0 Å². The normalized spacial score (nSPS) is 23.1. The van der Waals surface area contributed by atoms with Gasteiger partial charge in [0.1, 0.15) is 11.4 Å². The number of allylic oxidation sites excluding steroid dienone is 2. The Hall–Kier alpha value is -2.34. The number of nitro benzene ring substituents is 1. The Morgan fingerprint density at radius 2 is 2.08 bits per heavy atom. The molecular weight excluding hydrogens is 396 g/mol. The highest BCUT2D eigenvalue weighted by molar-refractivity contribution is 9.10. The van der Waals surface area contributed by atoms with Gasteiger partial charge in [-0.2, -0.15) is 0 Å². The van der Waals surface area contributed by atoms with E-state index in [0.29, 0.717) is 24.0 Å². The van der Waals surface area contributed by atoms with Gasteiger partial charge < -0.3 is 10.1 Å². The number of fused-ring (bicyclic) bond motifs is 3. The van der Waals surface area contributed by atoms with E-state index in [1.807, 2.05) is 25.1 Å². The topological polar surface area (TPSA) is 64.4 Å². The molecule has 0 radical (unpaired) electrons. The predicted octanol–water partition coefficient (Wildman–Crippen LogP) is 5.58. The van der Waals surface area contributed by atoms with Crippen molar-refractivity contribution in [1.82, 2.24) is 0 Å². The maximum atomic E-state index is 11.7. The van der Waals surface area contributed by atoms with Crippen molar-refractivity contribution in [2.24, 2.45) is 5.92 Å². The Morgan fingerprint density at radius 3 is 2.77 bits per heavy atom. The van der Waals surface area contributed by atoms with Gasteiger partial charge in [-0.3, -0.25) is 10.1 Å². The summed E-state index contributed by atoms with van der Waals surface area (Å²) in [7, 11) is 0. The van der Waals surface area contributed by atoms with E-state index in [1.54, 1.807) is 0 Å². The van der Waals surface area contributed by atoms with E-state index >= 15 is 0 Å². The molecule has 0 aromatic heterocycles. The fourth-order valence-corrected chi connectivity index (χ4v) is 4.31. The smallest absolute Gasteiger partial charge is 0.296 e. The van der Waals surface area contributed by atoms with Gasteiger partial charge in [-0.25, -0.2) is 0 Å². The number of anilines is 1. The van der Waals surface area contributed by atoms with Crippen LogP contribution < -0.4 is 10.1 Å². The average molecular weight is 415 g/mol. The number of ether oxygens (including phenoxy) is 1. The van der Waals surface area contributed by atoms with Crippen LogP contribution in [0.5, 0.6) is 5.75 Å². The first kappa shape index (κ1) is 17.1.